The normalized spacial score (nSPS) is 40.3. The SMILES string of the molecule is NC(c1cc(F)c(F)cc1F)C1C2C3CCC(C3)C21. The molecule has 3 aliphatic rings. The van der Waals surface area contributed by atoms with Gasteiger partial charge in [-0.25, -0.2) is 13.2 Å². The van der Waals surface area contributed by atoms with Gasteiger partial charge in [-0.3, -0.25) is 0 Å². The molecule has 0 amide bonds. The zero-order valence-corrected chi connectivity index (χ0v) is 10.5. The second-order valence-electron chi connectivity index (χ2n) is 6.38. The number of benzene rings is 1. The Bertz CT molecular complexity index is 528. The van der Waals surface area contributed by atoms with E-state index in [0.29, 0.717) is 17.9 Å². The van der Waals surface area contributed by atoms with E-state index in [-0.39, 0.29) is 11.5 Å². The zero-order valence-electron chi connectivity index (χ0n) is 10.5. The average molecular weight is 267 g/mol. The second-order valence-corrected chi connectivity index (χ2v) is 6.38. The molecule has 2 N–H and O–H groups in total. The Kier molecular flexibility index (Phi) is 2.32. The van der Waals surface area contributed by atoms with E-state index in [0.717, 1.165) is 17.9 Å². The highest BCUT2D eigenvalue weighted by Crippen LogP contribution is 2.71. The Balaban J connectivity index is 1.62. The van der Waals surface area contributed by atoms with Crippen molar-refractivity contribution in [3.8, 4) is 0 Å². The highest BCUT2D eigenvalue weighted by molar-refractivity contribution is 5.28. The Morgan fingerprint density at radius 2 is 1.53 bits per heavy atom. The van der Waals surface area contributed by atoms with Crippen LogP contribution in [0.15, 0.2) is 12.1 Å². The molecule has 5 unspecified atom stereocenters. The number of fused-ring (bicyclic) bond motifs is 5. The monoisotopic (exact) mass is 267 g/mol. The van der Waals surface area contributed by atoms with Gasteiger partial charge in [0.15, 0.2) is 11.6 Å². The molecule has 3 aliphatic carbocycles. The fourth-order valence-electron chi connectivity index (χ4n) is 4.87. The van der Waals surface area contributed by atoms with Crippen LogP contribution in [-0.4, -0.2) is 0 Å². The van der Waals surface area contributed by atoms with E-state index in [2.05, 4.69) is 0 Å². The number of hydrogen-bond donors (Lipinski definition) is 1. The first-order chi connectivity index (χ1) is 9.08. The number of halogens is 3. The summed E-state index contributed by atoms with van der Waals surface area (Å²) >= 11 is 0. The van der Waals surface area contributed by atoms with Gasteiger partial charge in [-0.2, -0.15) is 0 Å². The van der Waals surface area contributed by atoms with Crippen molar-refractivity contribution >= 4 is 0 Å². The molecule has 0 aliphatic heterocycles. The topological polar surface area (TPSA) is 26.0 Å². The molecule has 4 rings (SSSR count). The minimum atomic E-state index is -1.15. The lowest BCUT2D eigenvalue weighted by Crippen LogP contribution is -2.19. The first-order valence-corrected chi connectivity index (χ1v) is 6.98. The Hall–Kier alpha value is -1.03. The van der Waals surface area contributed by atoms with Gasteiger partial charge in [0.2, 0.25) is 0 Å². The van der Waals surface area contributed by atoms with Crippen molar-refractivity contribution in [3.05, 3.63) is 35.1 Å². The van der Waals surface area contributed by atoms with Gasteiger partial charge in [-0.1, -0.05) is 0 Å². The fraction of sp³-hybridized carbons (Fsp3) is 0.600. The summed E-state index contributed by atoms with van der Waals surface area (Å²) in [7, 11) is 0. The van der Waals surface area contributed by atoms with Crippen LogP contribution in [0.1, 0.15) is 30.9 Å². The van der Waals surface area contributed by atoms with E-state index >= 15 is 0 Å². The molecule has 1 nitrogen and oxygen atoms in total. The van der Waals surface area contributed by atoms with Crippen molar-refractivity contribution in [2.24, 2.45) is 35.3 Å². The molecule has 2 bridgehead atoms. The van der Waals surface area contributed by atoms with Gasteiger partial charge in [0.25, 0.3) is 0 Å². The van der Waals surface area contributed by atoms with Crippen LogP contribution in [0.5, 0.6) is 0 Å². The summed E-state index contributed by atoms with van der Waals surface area (Å²) in [5.41, 5.74) is 6.27. The van der Waals surface area contributed by atoms with Crippen LogP contribution >= 0.6 is 0 Å². The van der Waals surface area contributed by atoms with Gasteiger partial charge in [0, 0.05) is 17.7 Å². The van der Waals surface area contributed by atoms with Gasteiger partial charge < -0.3 is 5.73 Å². The molecule has 5 atom stereocenters. The van der Waals surface area contributed by atoms with Crippen molar-refractivity contribution in [1.29, 1.82) is 0 Å². The maximum atomic E-state index is 13.8. The third kappa shape index (κ3) is 1.52. The van der Waals surface area contributed by atoms with Crippen molar-refractivity contribution in [3.63, 3.8) is 0 Å². The zero-order chi connectivity index (χ0) is 13.3. The molecule has 0 spiro atoms. The first-order valence-electron chi connectivity index (χ1n) is 6.98. The third-order valence-corrected chi connectivity index (χ3v) is 5.61. The maximum absolute atomic E-state index is 13.8. The number of rotatable bonds is 2. The molecular formula is C15H16F3N. The quantitative estimate of drug-likeness (QED) is 0.817. The van der Waals surface area contributed by atoms with Gasteiger partial charge in [-0.05, 0) is 54.9 Å². The van der Waals surface area contributed by atoms with Gasteiger partial charge in [0.05, 0.1) is 0 Å². The molecule has 0 saturated heterocycles. The molecule has 19 heavy (non-hydrogen) atoms. The summed E-state index contributed by atoms with van der Waals surface area (Å²) in [5.74, 6) is 0.0563. The van der Waals surface area contributed by atoms with Crippen LogP contribution in [0.4, 0.5) is 13.2 Å². The van der Waals surface area contributed by atoms with E-state index < -0.39 is 23.5 Å². The fourth-order valence-corrected chi connectivity index (χ4v) is 4.87. The van der Waals surface area contributed by atoms with E-state index in [1.165, 1.54) is 19.3 Å². The second kappa shape index (κ2) is 3.75. The van der Waals surface area contributed by atoms with Gasteiger partial charge >= 0.3 is 0 Å². The van der Waals surface area contributed by atoms with Gasteiger partial charge in [0.1, 0.15) is 5.82 Å². The molecule has 4 heteroatoms. The van der Waals surface area contributed by atoms with Crippen LogP contribution in [0.25, 0.3) is 0 Å². The van der Waals surface area contributed by atoms with Crippen LogP contribution in [0, 0.1) is 47.0 Å². The van der Waals surface area contributed by atoms with Crippen molar-refractivity contribution in [1.82, 2.24) is 0 Å². The standard InChI is InChI=1S/C15H16F3N/c16-9-5-11(18)10(17)4-8(9)15(19)14-12-6-1-2-7(3-6)13(12)14/h4-7,12-15H,1-3,19H2. The number of nitrogens with two attached hydrogens (primary N) is 1. The minimum Gasteiger partial charge on any atom is -0.324 e. The van der Waals surface area contributed by atoms with Crippen LogP contribution < -0.4 is 5.73 Å². The van der Waals surface area contributed by atoms with Gasteiger partial charge in [-0.15, -0.1) is 0 Å². The summed E-state index contributed by atoms with van der Waals surface area (Å²) < 4.78 is 40.0. The first kappa shape index (κ1) is 11.8. The van der Waals surface area contributed by atoms with Crippen LogP contribution in [0.2, 0.25) is 0 Å². The van der Waals surface area contributed by atoms with Crippen molar-refractivity contribution in [2.75, 3.05) is 0 Å². The van der Waals surface area contributed by atoms with Crippen molar-refractivity contribution < 1.29 is 13.2 Å². The molecule has 1 aromatic rings. The predicted octanol–water partition coefficient (Wildman–Crippen LogP) is 3.40. The van der Waals surface area contributed by atoms with Crippen molar-refractivity contribution in [2.45, 2.75) is 25.3 Å². The molecule has 102 valence electrons. The highest BCUT2D eigenvalue weighted by Gasteiger charge is 2.66. The maximum Gasteiger partial charge on any atom is 0.161 e. The smallest absolute Gasteiger partial charge is 0.161 e. The summed E-state index contributed by atoms with van der Waals surface area (Å²) in [6.45, 7) is 0. The Morgan fingerprint density at radius 1 is 0.947 bits per heavy atom. The summed E-state index contributed by atoms with van der Waals surface area (Å²) in [4.78, 5) is 0. The van der Waals surface area contributed by atoms with Crippen LogP contribution in [-0.2, 0) is 0 Å². The highest BCUT2D eigenvalue weighted by atomic mass is 19.2. The molecular weight excluding hydrogens is 251 g/mol. The van der Waals surface area contributed by atoms with E-state index in [4.69, 9.17) is 5.73 Å². The summed E-state index contributed by atoms with van der Waals surface area (Å²) in [6.07, 6.45) is 3.81. The molecule has 1 aromatic carbocycles. The minimum absolute atomic E-state index is 0.137. The molecule has 0 aromatic heterocycles. The third-order valence-electron chi connectivity index (χ3n) is 5.61. The lowest BCUT2D eigenvalue weighted by Gasteiger charge is -2.17. The molecule has 0 heterocycles. The molecule has 0 radical (unpaired) electrons. The Morgan fingerprint density at radius 3 is 2.16 bits per heavy atom. The lowest BCUT2D eigenvalue weighted by molar-refractivity contribution is 0.405. The average Bonchev–Trinajstić information content (AvgIpc) is 2.81. The van der Waals surface area contributed by atoms with Crippen LogP contribution in [0.3, 0.4) is 0 Å². The number of hydrogen-bond acceptors (Lipinski definition) is 1. The summed E-state index contributed by atoms with van der Waals surface area (Å²) in [5, 5.41) is 0. The lowest BCUT2D eigenvalue weighted by atomic mass is 9.93. The molecule has 3 saturated carbocycles. The van der Waals surface area contributed by atoms with E-state index in [1.807, 2.05) is 0 Å². The predicted molar refractivity (Wildman–Crippen MR) is 64.5 cm³/mol. The Labute approximate surface area is 110 Å². The largest absolute Gasteiger partial charge is 0.324 e. The van der Waals surface area contributed by atoms with E-state index in [1.54, 1.807) is 0 Å². The summed E-state index contributed by atoms with van der Waals surface area (Å²) in [6, 6.07) is 1.05. The van der Waals surface area contributed by atoms with E-state index in [9.17, 15) is 13.2 Å². The molecule has 3 fully saturated rings.